The van der Waals surface area contributed by atoms with Gasteiger partial charge in [-0.2, -0.15) is 5.10 Å². The van der Waals surface area contributed by atoms with Crippen molar-refractivity contribution in [2.45, 2.75) is 20.8 Å². The van der Waals surface area contributed by atoms with E-state index in [0.29, 0.717) is 19.0 Å². The summed E-state index contributed by atoms with van der Waals surface area (Å²) < 4.78 is 11.1. The van der Waals surface area contributed by atoms with Crippen molar-refractivity contribution >= 4 is 5.82 Å². The van der Waals surface area contributed by atoms with Crippen molar-refractivity contribution in [2.75, 3.05) is 18.9 Å². The molecule has 0 fully saturated rings. The minimum Gasteiger partial charge on any atom is -0.490 e. The van der Waals surface area contributed by atoms with Crippen molar-refractivity contribution in [3.63, 3.8) is 0 Å². The number of anilines is 1. The molecule has 5 nitrogen and oxygen atoms in total. The number of hydrogen-bond donors (Lipinski definition) is 2. The Bertz CT molecular complexity index is 564. The second-order valence-electron chi connectivity index (χ2n) is 4.14. The highest BCUT2D eigenvalue weighted by atomic mass is 16.5. The van der Waals surface area contributed by atoms with Gasteiger partial charge in [0.05, 0.1) is 18.9 Å². The molecular formula is C14H19N3O2. The van der Waals surface area contributed by atoms with Gasteiger partial charge in [0.15, 0.2) is 11.5 Å². The van der Waals surface area contributed by atoms with Gasteiger partial charge in [-0.25, -0.2) is 0 Å². The largest absolute Gasteiger partial charge is 0.490 e. The molecule has 0 radical (unpaired) electrons. The van der Waals surface area contributed by atoms with Gasteiger partial charge in [0.2, 0.25) is 0 Å². The molecule has 0 bridgehead atoms. The van der Waals surface area contributed by atoms with E-state index in [-0.39, 0.29) is 0 Å². The molecular weight excluding hydrogens is 242 g/mol. The Morgan fingerprint density at radius 1 is 1.16 bits per heavy atom. The van der Waals surface area contributed by atoms with Crippen LogP contribution in [0.3, 0.4) is 0 Å². The van der Waals surface area contributed by atoms with Crippen molar-refractivity contribution in [1.29, 1.82) is 0 Å². The Kier molecular flexibility index (Phi) is 3.94. The van der Waals surface area contributed by atoms with Crippen LogP contribution in [0.2, 0.25) is 0 Å². The number of nitrogen functional groups attached to an aromatic ring is 1. The van der Waals surface area contributed by atoms with Crippen LogP contribution < -0.4 is 15.2 Å². The fraction of sp³-hybridized carbons (Fsp3) is 0.357. The number of rotatable bonds is 5. The molecule has 0 unspecified atom stereocenters. The smallest absolute Gasteiger partial charge is 0.161 e. The van der Waals surface area contributed by atoms with E-state index >= 15 is 0 Å². The van der Waals surface area contributed by atoms with E-state index in [2.05, 4.69) is 10.2 Å². The Balaban J connectivity index is 2.42. The Morgan fingerprint density at radius 3 is 2.42 bits per heavy atom. The SMILES string of the molecule is CCOc1ccc(-c2[nH]nc(N)c2C)cc1OCC. The number of nitrogens with zero attached hydrogens (tertiary/aromatic N) is 1. The van der Waals surface area contributed by atoms with Crippen molar-refractivity contribution in [2.24, 2.45) is 0 Å². The van der Waals surface area contributed by atoms with Gasteiger partial charge in [-0.1, -0.05) is 0 Å². The molecule has 3 N–H and O–H groups in total. The van der Waals surface area contributed by atoms with Gasteiger partial charge in [-0.05, 0) is 39.0 Å². The number of hydrogen-bond acceptors (Lipinski definition) is 4. The lowest BCUT2D eigenvalue weighted by atomic mass is 10.1. The van der Waals surface area contributed by atoms with Crippen LogP contribution in [0.15, 0.2) is 18.2 Å². The molecule has 0 spiro atoms. The number of aromatic nitrogens is 2. The molecule has 1 aromatic heterocycles. The number of aromatic amines is 1. The summed E-state index contributed by atoms with van der Waals surface area (Å²) in [5.41, 5.74) is 8.58. The van der Waals surface area contributed by atoms with Gasteiger partial charge in [-0.3, -0.25) is 5.10 Å². The second kappa shape index (κ2) is 5.65. The first-order chi connectivity index (χ1) is 9.17. The third-order valence-electron chi connectivity index (χ3n) is 2.88. The van der Waals surface area contributed by atoms with Gasteiger partial charge in [0, 0.05) is 11.1 Å². The summed E-state index contributed by atoms with van der Waals surface area (Å²) in [7, 11) is 0. The van der Waals surface area contributed by atoms with Gasteiger partial charge < -0.3 is 15.2 Å². The molecule has 1 aromatic carbocycles. The van der Waals surface area contributed by atoms with Crippen molar-refractivity contribution in [3.8, 4) is 22.8 Å². The Hall–Kier alpha value is -2.17. The van der Waals surface area contributed by atoms with E-state index in [1.807, 2.05) is 39.0 Å². The minimum atomic E-state index is 0.516. The van der Waals surface area contributed by atoms with Crippen LogP contribution in [0.25, 0.3) is 11.3 Å². The average molecular weight is 261 g/mol. The van der Waals surface area contributed by atoms with Gasteiger partial charge in [0.25, 0.3) is 0 Å². The summed E-state index contributed by atoms with van der Waals surface area (Å²) >= 11 is 0. The van der Waals surface area contributed by atoms with E-state index in [1.165, 1.54) is 0 Å². The lowest BCUT2D eigenvalue weighted by molar-refractivity contribution is 0.288. The molecule has 0 saturated heterocycles. The van der Waals surface area contributed by atoms with Crippen molar-refractivity contribution in [3.05, 3.63) is 23.8 Å². The molecule has 0 amide bonds. The Morgan fingerprint density at radius 2 is 1.84 bits per heavy atom. The third kappa shape index (κ3) is 2.65. The summed E-state index contributed by atoms with van der Waals surface area (Å²) in [6, 6.07) is 5.81. The minimum absolute atomic E-state index is 0.516. The van der Waals surface area contributed by atoms with E-state index in [0.717, 1.165) is 28.3 Å². The van der Waals surface area contributed by atoms with Gasteiger partial charge in [0.1, 0.15) is 5.82 Å². The molecule has 0 aliphatic carbocycles. The zero-order valence-electron chi connectivity index (χ0n) is 11.5. The molecule has 0 aliphatic rings. The number of nitrogens with one attached hydrogen (secondary N) is 1. The van der Waals surface area contributed by atoms with Crippen LogP contribution >= 0.6 is 0 Å². The van der Waals surface area contributed by atoms with Crippen LogP contribution in [0.5, 0.6) is 11.5 Å². The standard InChI is InChI=1S/C14H19N3O2/c1-4-18-11-7-6-10(8-12(11)19-5-2)13-9(3)14(15)17-16-13/h6-8H,4-5H2,1-3H3,(H3,15,16,17). The van der Waals surface area contributed by atoms with E-state index < -0.39 is 0 Å². The summed E-state index contributed by atoms with van der Waals surface area (Å²) in [5, 5.41) is 6.95. The first-order valence-corrected chi connectivity index (χ1v) is 6.37. The highest BCUT2D eigenvalue weighted by molar-refractivity contribution is 5.70. The molecule has 0 atom stereocenters. The van der Waals surface area contributed by atoms with E-state index in [1.54, 1.807) is 0 Å². The first kappa shape index (κ1) is 13.3. The molecule has 0 aliphatic heterocycles. The molecule has 2 aromatic rings. The summed E-state index contributed by atoms with van der Waals surface area (Å²) in [6.07, 6.45) is 0. The van der Waals surface area contributed by atoms with Crippen LogP contribution in [-0.4, -0.2) is 23.4 Å². The highest BCUT2D eigenvalue weighted by Crippen LogP contribution is 2.34. The zero-order valence-corrected chi connectivity index (χ0v) is 11.5. The average Bonchev–Trinajstić information content (AvgIpc) is 2.73. The zero-order chi connectivity index (χ0) is 13.8. The fourth-order valence-corrected chi connectivity index (χ4v) is 1.90. The van der Waals surface area contributed by atoms with E-state index in [9.17, 15) is 0 Å². The fourth-order valence-electron chi connectivity index (χ4n) is 1.90. The molecule has 0 saturated carbocycles. The van der Waals surface area contributed by atoms with Crippen molar-refractivity contribution < 1.29 is 9.47 Å². The predicted octanol–water partition coefficient (Wildman–Crippen LogP) is 2.76. The summed E-state index contributed by atoms with van der Waals surface area (Å²) in [6.45, 7) is 7.03. The highest BCUT2D eigenvalue weighted by Gasteiger charge is 2.12. The van der Waals surface area contributed by atoms with Crippen LogP contribution in [0.4, 0.5) is 5.82 Å². The number of benzene rings is 1. The van der Waals surface area contributed by atoms with E-state index in [4.69, 9.17) is 15.2 Å². The lowest BCUT2D eigenvalue weighted by Crippen LogP contribution is -1.98. The molecule has 1 heterocycles. The number of ether oxygens (including phenoxy) is 2. The number of H-pyrrole nitrogens is 1. The molecule has 5 heteroatoms. The quantitative estimate of drug-likeness (QED) is 0.868. The second-order valence-corrected chi connectivity index (χ2v) is 4.14. The monoisotopic (exact) mass is 261 g/mol. The van der Waals surface area contributed by atoms with Gasteiger partial charge >= 0.3 is 0 Å². The number of nitrogens with two attached hydrogens (primary N) is 1. The van der Waals surface area contributed by atoms with Crippen LogP contribution in [0, 0.1) is 6.92 Å². The Labute approximate surface area is 112 Å². The third-order valence-corrected chi connectivity index (χ3v) is 2.88. The molecule has 102 valence electrons. The topological polar surface area (TPSA) is 73.2 Å². The summed E-state index contributed by atoms with van der Waals surface area (Å²) in [4.78, 5) is 0. The first-order valence-electron chi connectivity index (χ1n) is 6.37. The lowest BCUT2D eigenvalue weighted by Gasteiger charge is -2.12. The van der Waals surface area contributed by atoms with Gasteiger partial charge in [-0.15, -0.1) is 0 Å². The van der Waals surface area contributed by atoms with Crippen molar-refractivity contribution in [1.82, 2.24) is 10.2 Å². The van der Waals surface area contributed by atoms with Crippen LogP contribution in [0.1, 0.15) is 19.4 Å². The van der Waals surface area contributed by atoms with Crippen LogP contribution in [-0.2, 0) is 0 Å². The summed E-state index contributed by atoms with van der Waals surface area (Å²) in [5.74, 6) is 1.99. The maximum atomic E-state index is 5.75. The maximum absolute atomic E-state index is 5.75. The predicted molar refractivity (Wildman–Crippen MR) is 75.5 cm³/mol. The molecule has 2 rings (SSSR count). The molecule has 19 heavy (non-hydrogen) atoms. The maximum Gasteiger partial charge on any atom is 0.161 e. The normalized spacial score (nSPS) is 10.5.